The quantitative estimate of drug-likeness (QED) is 0.908. The Balaban J connectivity index is 2.08. The van der Waals surface area contributed by atoms with Crippen LogP contribution in [-0.2, 0) is 11.2 Å². The first-order chi connectivity index (χ1) is 9.95. The molecule has 0 saturated heterocycles. The average Bonchev–Trinajstić information content (AvgIpc) is 2.43. The molecule has 0 unspecified atom stereocenters. The molecule has 0 aliphatic heterocycles. The molecule has 2 aromatic rings. The summed E-state index contributed by atoms with van der Waals surface area (Å²) in [5.74, 6) is -1.76. The van der Waals surface area contributed by atoms with Gasteiger partial charge in [-0.15, -0.1) is 0 Å². The summed E-state index contributed by atoms with van der Waals surface area (Å²) in [6.07, 6.45) is -0.0720. The molecule has 0 fully saturated rings. The van der Waals surface area contributed by atoms with Gasteiger partial charge in [0.2, 0.25) is 0 Å². The van der Waals surface area contributed by atoms with Crippen molar-refractivity contribution >= 4 is 17.6 Å². The van der Waals surface area contributed by atoms with Gasteiger partial charge in [-0.05, 0) is 42.3 Å². The SMILES string of the molecule is Cc1ccc(C(=O)Nc2ccc(CC(=O)O)cc2)cc1F. The van der Waals surface area contributed by atoms with Crippen LogP contribution in [0.2, 0.25) is 0 Å². The minimum atomic E-state index is -0.915. The number of aliphatic carboxylic acids is 1. The smallest absolute Gasteiger partial charge is 0.307 e. The predicted molar refractivity (Wildman–Crippen MR) is 76.9 cm³/mol. The van der Waals surface area contributed by atoms with Crippen LogP contribution in [0, 0.1) is 12.7 Å². The molecule has 0 spiro atoms. The van der Waals surface area contributed by atoms with Crippen molar-refractivity contribution in [3.8, 4) is 0 Å². The highest BCUT2D eigenvalue weighted by Gasteiger charge is 2.09. The molecule has 0 radical (unpaired) electrons. The number of halogens is 1. The van der Waals surface area contributed by atoms with Crippen molar-refractivity contribution in [2.24, 2.45) is 0 Å². The lowest BCUT2D eigenvalue weighted by molar-refractivity contribution is -0.136. The lowest BCUT2D eigenvalue weighted by Gasteiger charge is -2.07. The third-order valence-electron chi connectivity index (χ3n) is 3.00. The number of aryl methyl sites for hydroxylation is 1. The summed E-state index contributed by atoms with van der Waals surface area (Å²) in [5.41, 5.74) is 1.87. The van der Waals surface area contributed by atoms with Crippen LogP contribution in [0.1, 0.15) is 21.5 Å². The Hall–Kier alpha value is -2.69. The second-order valence-corrected chi connectivity index (χ2v) is 4.69. The van der Waals surface area contributed by atoms with Crippen LogP contribution in [-0.4, -0.2) is 17.0 Å². The Labute approximate surface area is 121 Å². The number of carboxylic acids is 1. The highest BCUT2D eigenvalue weighted by Crippen LogP contribution is 2.14. The third-order valence-corrected chi connectivity index (χ3v) is 3.00. The largest absolute Gasteiger partial charge is 0.481 e. The van der Waals surface area contributed by atoms with Crippen LogP contribution >= 0.6 is 0 Å². The van der Waals surface area contributed by atoms with E-state index in [4.69, 9.17) is 5.11 Å². The lowest BCUT2D eigenvalue weighted by atomic mass is 10.1. The molecule has 4 nitrogen and oxygen atoms in total. The van der Waals surface area contributed by atoms with Gasteiger partial charge in [-0.2, -0.15) is 0 Å². The number of carboxylic acid groups (broad SMARTS) is 1. The van der Waals surface area contributed by atoms with Crippen LogP contribution in [0.15, 0.2) is 42.5 Å². The first kappa shape index (κ1) is 14.7. The van der Waals surface area contributed by atoms with E-state index in [-0.39, 0.29) is 12.0 Å². The van der Waals surface area contributed by atoms with Gasteiger partial charge < -0.3 is 10.4 Å². The van der Waals surface area contributed by atoms with E-state index in [1.54, 1.807) is 43.3 Å². The van der Waals surface area contributed by atoms with Crippen LogP contribution in [0.3, 0.4) is 0 Å². The van der Waals surface area contributed by atoms with Crippen LogP contribution < -0.4 is 5.32 Å². The number of benzene rings is 2. The molecule has 1 amide bonds. The highest BCUT2D eigenvalue weighted by atomic mass is 19.1. The Bertz CT molecular complexity index is 680. The maximum absolute atomic E-state index is 13.4. The van der Waals surface area contributed by atoms with E-state index >= 15 is 0 Å². The molecule has 0 aliphatic carbocycles. The van der Waals surface area contributed by atoms with Gasteiger partial charge in [0.1, 0.15) is 5.82 Å². The minimum absolute atomic E-state index is 0.0720. The summed E-state index contributed by atoms with van der Waals surface area (Å²) < 4.78 is 13.4. The van der Waals surface area contributed by atoms with Gasteiger partial charge in [-0.1, -0.05) is 18.2 Å². The summed E-state index contributed by atoms with van der Waals surface area (Å²) in [6, 6.07) is 10.7. The van der Waals surface area contributed by atoms with E-state index in [9.17, 15) is 14.0 Å². The molecule has 21 heavy (non-hydrogen) atoms. The fourth-order valence-corrected chi connectivity index (χ4v) is 1.82. The molecule has 0 heterocycles. The summed E-state index contributed by atoms with van der Waals surface area (Å²) in [6.45, 7) is 1.62. The van der Waals surface area contributed by atoms with Crippen molar-refractivity contribution in [2.75, 3.05) is 5.32 Å². The molecule has 5 heteroatoms. The highest BCUT2D eigenvalue weighted by molar-refractivity contribution is 6.04. The van der Waals surface area contributed by atoms with Crippen LogP contribution in [0.5, 0.6) is 0 Å². The first-order valence-corrected chi connectivity index (χ1v) is 6.34. The van der Waals surface area contributed by atoms with Crippen LogP contribution in [0.25, 0.3) is 0 Å². The van der Waals surface area contributed by atoms with Gasteiger partial charge in [0.05, 0.1) is 6.42 Å². The van der Waals surface area contributed by atoms with Crippen molar-refractivity contribution < 1.29 is 19.1 Å². The van der Waals surface area contributed by atoms with Gasteiger partial charge in [0.25, 0.3) is 5.91 Å². The van der Waals surface area contributed by atoms with E-state index in [0.29, 0.717) is 16.8 Å². The van der Waals surface area contributed by atoms with E-state index in [1.807, 2.05) is 0 Å². The van der Waals surface area contributed by atoms with Crippen molar-refractivity contribution in [1.82, 2.24) is 0 Å². The normalized spacial score (nSPS) is 10.2. The zero-order chi connectivity index (χ0) is 15.4. The zero-order valence-corrected chi connectivity index (χ0v) is 11.4. The Morgan fingerprint density at radius 2 is 1.81 bits per heavy atom. The fraction of sp³-hybridized carbons (Fsp3) is 0.125. The van der Waals surface area contributed by atoms with Crippen molar-refractivity contribution in [3.63, 3.8) is 0 Å². The minimum Gasteiger partial charge on any atom is -0.481 e. The van der Waals surface area contributed by atoms with Crippen molar-refractivity contribution in [3.05, 3.63) is 65.0 Å². The molecule has 0 atom stereocenters. The number of hydrogen-bond donors (Lipinski definition) is 2. The molecule has 0 aromatic heterocycles. The number of hydrogen-bond acceptors (Lipinski definition) is 2. The molecule has 108 valence electrons. The summed E-state index contributed by atoms with van der Waals surface area (Å²) in [4.78, 5) is 22.5. The maximum atomic E-state index is 13.4. The Morgan fingerprint density at radius 1 is 1.14 bits per heavy atom. The standard InChI is InChI=1S/C16H14FNO3/c1-10-2-5-12(9-14(10)17)16(21)18-13-6-3-11(4-7-13)8-15(19)20/h2-7,9H,8H2,1H3,(H,18,21)(H,19,20). The monoisotopic (exact) mass is 287 g/mol. The van der Waals surface area contributed by atoms with Gasteiger partial charge in [0.15, 0.2) is 0 Å². The molecule has 2 rings (SSSR count). The molecule has 0 saturated carbocycles. The van der Waals surface area contributed by atoms with E-state index in [1.165, 1.54) is 6.07 Å². The van der Waals surface area contributed by atoms with Gasteiger partial charge in [0, 0.05) is 11.3 Å². The topological polar surface area (TPSA) is 66.4 Å². The number of anilines is 1. The fourth-order valence-electron chi connectivity index (χ4n) is 1.82. The second-order valence-electron chi connectivity index (χ2n) is 4.69. The number of nitrogens with one attached hydrogen (secondary N) is 1. The Morgan fingerprint density at radius 3 is 2.38 bits per heavy atom. The van der Waals surface area contributed by atoms with Gasteiger partial charge >= 0.3 is 5.97 Å². The summed E-state index contributed by atoms with van der Waals surface area (Å²) in [5, 5.41) is 11.3. The average molecular weight is 287 g/mol. The maximum Gasteiger partial charge on any atom is 0.307 e. The molecular weight excluding hydrogens is 273 g/mol. The first-order valence-electron chi connectivity index (χ1n) is 6.34. The molecule has 0 aliphatic rings. The lowest BCUT2D eigenvalue weighted by Crippen LogP contribution is -2.12. The third kappa shape index (κ3) is 3.89. The van der Waals surface area contributed by atoms with Crippen molar-refractivity contribution in [1.29, 1.82) is 0 Å². The molecular formula is C16H14FNO3. The molecule has 2 aromatic carbocycles. The summed E-state index contributed by atoms with van der Waals surface area (Å²) >= 11 is 0. The van der Waals surface area contributed by atoms with E-state index in [0.717, 1.165) is 0 Å². The van der Waals surface area contributed by atoms with Crippen LogP contribution in [0.4, 0.5) is 10.1 Å². The number of carbonyl (C=O) groups excluding carboxylic acids is 1. The number of rotatable bonds is 4. The Kier molecular flexibility index (Phi) is 4.33. The summed E-state index contributed by atoms with van der Waals surface area (Å²) in [7, 11) is 0. The van der Waals surface area contributed by atoms with Crippen molar-refractivity contribution in [2.45, 2.75) is 13.3 Å². The van der Waals surface area contributed by atoms with E-state index < -0.39 is 17.7 Å². The van der Waals surface area contributed by atoms with E-state index in [2.05, 4.69) is 5.32 Å². The second kappa shape index (κ2) is 6.17. The molecule has 2 N–H and O–H groups in total. The van der Waals surface area contributed by atoms with Gasteiger partial charge in [-0.3, -0.25) is 9.59 Å². The number of carbonyl (C=O) groups is 2. The molecule has 0 bridgehead atoms. The van der Waals surface area contributed by atoms with Gasteiger partial charge in [-0.25, -0.2) is 4.39 Å². The predicted octanol–water partition coefficient (Wildman–Crippen LogP) is 3.01. The zero-order valence-electron chi connectivity index (χ0n) is 11.4. The number of amides is 1.